The zero-order valence-electron chi connectivity index (χ0n) is 16.7. The summed E-state index contributed by atoms with van der Waals surface area (Å²) in [5.74, 6) is -2.70. The molecule has 0 bridgehead atoms. The second kappa shape index (κ2) is 10.7. The maximum absolute atomic E-state index is 12.5. The Morgan fingerprint density at radius 2 is 1.79 bits per heavy atom. The number of esters is 2. The minimum absolute atomic E-state index is 0.0209. The molecule has 1 amide bonds. The number of rotatable bonds is 9. The quantitative estimate of drug-likeness (QED) is 0.447. The number of thioether (sulfide) groups is 1. The van der Waals surface area contributed by atoms with Crippen LogP contribution in [0.4, 0.5) is 4.79 Å². The maximum Gasteiger partial charge on any atom is 0.519 e. The van der Waals surface area contributed by atoms with E-state index in [9.17, 15) is 24.0 Å². The van der Waals surface area contributed by atoms with E-state index in [1.54, 1.807) is 6.92 Å². The molecule has 1 atom stereocenters. The van der Waals surface area contributed by atoms with Gasteiger partial charge in [0.05, 0.1) is 4.75 Å². The Hall–Kier alpha value is -2.76. The highest BCUT2D eigenvalue weighted by Crippen LogP contribution is 2.31. The van der Waals surface area contributed by atoms with Crippen molar-refractivity contribution in [3.63, 3.8) is 0 Å². The number of nitrogens with one attached hydrogen (secondary N) is 1. The van der Waals surface area contributed by atoms with E-state index in [0.29, 0.717) is 11.8 Å². The van der Waals surface area contributed by atoms with Crippen molar-refractivity contribution in [2.45, 2.75) is 58.4 Å². The van der Waals surface area contributed by atoms with Gasteiger partial charge in [-0.1, -0.05) is 6.92 Å². The summed E-state index contributed by atoms with van der Waals surface area (Å²) in [6.45, 7) is 6.31. The van der Waals surface area contributed by atoms with Crippen molar-refractivity contribution >= 4 is 34.9 Å². The molecule has 162 valence electrons. The van der Waals surface area contributed by atoms with Crippen molar-refractivity contribution in [1.82, 2.24) is 5.32 Å². The van der Waals surface area contributed by atoms with Crippen LogP contribution in [-0.4, -0.2) is 40.7 Å². The molecular weight excluding hydrogens is 410 g/mol. The molecule has 0 spiro atoms. The highest BCUT2D eigenvalue weighted by molar-refractivity contribution is 8.14. The first-order valence-corrected chi connectivity index (χ1v) is 9.32. The highest BCUT2D eigenvalue weighted by Gasteiger charge is 2.40. The number of hydrogen-bond donors (Lipinski definition) is 1. The summed E-state index contributed by atoms with van der Waals surface area (Å²) in [5.41, 5.74) is 0. The number of amides is 1. The van der Waals surface area contributed by atoms with Gasteiger partial charge < -0.3 is 28.4 Å². The molecule has 1 N–H and O–H groups in total. The Bertz CT molecular complexity index is 809. The summed E-state index contributed by atoms with van der Waals surface area (Å²) < 4.78 is 22.8. The molecule has 1 aromatic rings. The molecular formula is C17H23NO10S. The predicted octanol–water partition coefficient (Wildman–Crippen LogP) is 1.65. The fourth-order valence-electron chi connectivity index (χ4n) is 1.99. The molecule has 1 aromatic heterocycles. The number of aryl methyl sites for hydroxylation is 1. The molecule has 0 radical (unpaired) electrons. The van der Waals surface area contributed by atoms with Gasteiger partial charge in [-0.25, -0.2) is 14.4 Å². The van der Waals surface area contributed by atoms with Gasteiger partial charge in [0, 0.05) is 13.3 Å². The van der Waals surface area contributed by atoms with Gasteiger partial charge in [0.15, 0.2) is 18.1 Å². The van der Waals surface area contributed by atoms with Crippen LogP contribution in [0.5, 0.6) is 0 Å². The normalized spacial score (nSPS) is 12.0. The zero-order chi connectivity index (χ0) is 22.2. The van der Waals surface area contributed by atoms with Gasteiger partial charge in [-0.15, -0.1) is 0 Å². The lowest BCUT2D eigenvalue weighted by Crippen LogP contribution is -2.53. The molecule has 0 aromatic carbocycles. The summed E-state index contributed by atoms with van der Waals surface area (Å²) in [5, 5.41) is 1.60. The third-order valence-corrected chi connectivity index (χ3v) is 4.54. The second-order valence-corrected chi connectivity index (χ2v) is 7.85. The standard InChI is InChI=1S/C17H23NO10S/c1-6-12(20)25-8-26-16(23)29-17(4,5)13(18-10(3)19)14(21)24-7-11-9(2)27-15(22)28-11/h13H,6-8H2,1-5H3,(H,18,19)/t13-/m0/s1. The average molecular weight is 433 g/mol. The topological polar surface area (TPSA) is 151 Å². The van der Waals surface area contributed by atoms with Crippen LogP contribution >= 0.6 is 11.8 Å². The molecule has 0 aliphatic rings. The first-order valence-electron chi connectivity index (χ1n) is 8.50. The molecule has 0 saturated heterocycles. The predicted molar refractivity (Wildman–Crippen MR) is 98.8 cm³/mol. The molecule has 1 rings (SSSR count). The molecule has 0 fully saturated rings. The summed E-state index contributed by atoms with van der Waals surface area (Å²) in [6, 6.07) is -1.24. The Kier molecular flexibility index (Phi) is 8.95. The Labute approximate surface area is 170 Å². The number of ether oxygens (including phenoxy) is 3. The van der Waals surface area contributed by atoms with Crippen LogP contribution in [0.25, 0.3) is 0 Å². The van der Waals surface area contributed by atoms with Gasteiger partial charge in [-0.05, 0) is 32.5 Å². The fourth-order valence-corrected chi connectivity index (χ4v) is 2.80. The van der Waals surface area contributed by atoms with Crippen LogP contribution in [-0.2, 0) is 35.2 Å². The van der Waals surface area contributed by atoms with Gasteiger partial charge >= 0.3 is 23.1 Å². The van der Waals surface area contributed by atoms with Gasteiger partial charge in [0.1, 0.15) is 6.04 Å². The molecule has 0 aliphatic carbocycles. The molecule has 0 unspecified atom stereocenters. The van der Waals surface area contributed by atoms with E-state index in [4.69, 9.17) is 13.9 Å². The summed E-state index contributed by atoms with van der Waals surface area (Å²) in [6.07, 6.45) is 0.128. The van der Waals surface area contributed by atoms with E-state index in [1.165, 1.54) is 27.7 Å². The van der Waals surface area contributed by atoms with Crippen molar-refractivity contribution < 1.29 is 42.2 Å². The van der Waals surface area contributed by atoms with Gasteiger partial charge in [0.2, 0.25) is 12.7 Å². The summed E-state index contributed by atoms with van der Waals surface area (Å²) >= 11 is 0.609. The van der Waals surface area contributed by atoms with Crippen molar-refractivity contribution in [2.24, 2.45) is 0 Å². The molecule has 1 heterocycles. The fraction of sp³-hybridized carbons (Fsp3) is 0.588. The van der Waals surface area contributed by atoms with Crippen molar-refractivity contribution in [3.8, 4) is 0 Å². The van der Waals surface area contributed by atoms with Crippen molar-refractivity contribution in [2.75, 3.05) is 6.79 Å². The minimum atomic E-state index is -1.24. The largest absolute Gasteiger partial charge is 0.519 e. The number of hydrogen-bond acceptors (Lipinski definition) is 11. The summed E-state index contributed by atoms with van der Waals surface area (Å²) in [7, 11) is 0. The van der Waals surface area contributed by atoms with E-state index in [1.807, 2.05) is 0 Å². The van der Waals surface area contributed by atoms with Crippen LogP contribution < -0.4 is 11.1 Å². The molecule has 11 nitrogen and oxygen atoms in total. The molecule has 0 aliphatic heterocycles. The average Bonchev–Trinajstić information content (AvgIpc) is 2.93. The van der Waals surface area contributed by atoms with Crippen molar-refractivity contribution in [1.29, 1.82) is 0 Å². The van der Waals surface area contributed by atoms with E-state index in [2.05, 4.69) is 14.5 Å². The monoisotopic (exact) mass is 433 g/mol. The maximum atomic E-state index is 12.5. The lowest BCUT2D eigenvalue weighted by Gasteiger charge is -2.31. The first-order chi connectivity index (χ1) is 13.5. The van der Waals surface area contributed by atoms with Crippen LogP contribution in [0.2, 0.25) is 0 Å². The van der Waals surface area contributed by atoms with Gasteiger partial charge in [-0.3, -0.25) is 9.59 Å². The van der Waals surface area contributed by atoms with Crippen LogP contribution in [0.3, 0.4) is 0 Å². The van der Waals surface area contributed by atoms with Gasteiger partial charge in [0.25, 0.3) is 0 Å². The number of carbonyl (C=O) groups excluding carboxylic acids is 4. The SMILES string of the molecule is CCC(=O)OCOC(=O)SC(C)(C)[C@@H](NC(C)=O)C(=O)OCc1oc(=O)oc1C. The highest BCUT2D eigenvalue weighted by atomic mass is 32.2. The van der Waals surface area contributed by atoms with E-state index >= 15 is 0 Å². The Morgan fingerprint density at radius 3 is 2.31 bits per heavy atom. The van der Waals surface area contributed by atoms with Crippen LogP contribution in [0.1, 0.15) is 45.6 Å². The lowest BCUT2D eigenvalue weighted by molar-refractivity contribution is -0.151. The molecule has 0 saturated carbocycles. The van der Waals surface area contributed by atoms with Crippen molar-refractivity contribution in [3.05, 3.63) is 22.1 Å². The minimum Gasteiger partial charge on any atom is -0.456 e. The zero-order valence-corrected chi connectivity index (χ0v) is 17.5. The Balaban J connectivity index is 2.77. The van der Waals surface area contributed by atoms with E-state index in [-0.39, 0.29) is 17.9 Å². The van der Waals surface area contributed by atoms with E-state index in [0.717, 1.165) is 0 Å². The van der Waals surface area contributed by atoms with E-state index < -0.39 is 53.2 Å². The summed E-state index contributed by atoms with van der Waals surface area (Å²) in [4.78, 5) is 58.1. The second-order valence-electron chi connectivity index (χ2n) is 6.26. The smallest absolute Gasteiger partial charge is 0.456 e. The third-order valence-electron chi connectivity index (χ3n) is 3.49. The third kappa shape index (κ3) is 8.02. The Morgan fingerprint density at radius 1 is 1.14 bits per heavy atom. The van der Waals surface area contributed by atoms with Gasteiger partial charge in [-0.2, -0.15) is 0 Å². The first kappa shape index (κ1) is 24.3. The molecule has 29 heavy (non-hydrogen) atoms. The van der Waals surface area contributed by atoms with Crippen LogP contribution in [0.15, 0.2) is 13.6 Å². The lowest BCUT2D eigenvalue weighted by atomic mass is 10.0. The number of carbonyl (C=O) groups is 4. The molecule has 12 heteroatoms. The van der Waals surface area contributed by atoms with Crippen LogP contribution in [0, 0.1) is 6.92 Å².